The average molecular weight is 181 g/mol. The third kappa shape index (κ3) is 1.13. The van der Waals surface area contributed by atoms with Crippen LogP contribution < -0.4 is 5.73 Å². The smallest absolute Gasteiger partial charge is 0.193 e. The second-order valence-electron chi connectivity index (χ2n) is 2.77. The van der Waals surface area contributed by atoms with Gasteiger partial charge in [0, 0.05) is 23.8 Å². The Hall–Kier alpha value is -0.870. The van der Waals surface area contributed by atoms with E-state index in [-0.39, 0.29) is 6.04 Å². The number of rotatable bonds is 2. The number of hydrogen-bond donors (Lipinski definition) is 1. The zero-order chi connectivity index (χ0) is 8.55. The van der Waals surface area contributed by atoms with E-state index in [4.69, 9.17) is 5.73 Å². The van der Waals surface area contributed by atoms with E-state index in [0.29, 0.717) is 0 Å². The SMILES string of the molecule is CCC(N)c1cn2ccsc2n1. The average Bonchev–Trinajstić information content (AvgIpc) is 2.60. The van der Waals surface area contributed by atoms with Gasteiger partial charge in [-0.2, -0.15) is 0 Å². The van der Waals surface area contributed by atoms with Crippen LogP contribution in [0.5, 0.6) is 0 Å². The lowest BCUT2D eigenvalue weighted by Crippen LogP contribution is -2.08. The summed E-state index contributed by atoms with van der Waals surface area (Å²) >= 11 is 1.63. The molecule has 4 heteroatoms. The van der Waals surface area contributed by atoms with E-state index in [2.05, 4.69) is 11.9 Å². The topological polar surface area (TPSA) is 43.3 Å². The van der Waals surface area contributed by atoms with E-state index in [9.17, 15) is 0 Å². The summed E-state index contributed by atoms with van der Waals surface area (Å²) in [6.45, 7) is 2.07. The minimum absolute atomic E-state index is 0.0806. The lowest BCUT2D eigenvalue weighted by atomic mass is 10.2. The van der Waals surface area contributed by atoms with Gasteiger partial charge < -0.3 is 5.73 Å². The zero-order valence-electron chi connectivity index (χ0n) is 6.90. The molecule has 1 unspecified atom stereocenters. The van der Waals surface area contributed by atoms with Gasteiger partial charge in [0.1, 0.15) is 0 Å². The summed E-state index contributed by atoms with van der Waals surface area (Å²) in [5.41, 5.74) is 6.84. The molecular weight excluding hydrogens is 170 g/mol. The van der Waals surface area contributed by atoms with Crippen LogP contribution in [0, 0.1) is 0 Å². The molecule has 0 fully saturated rings. The molecule has 0 saturated carbocycles. The minimum Gasteiger partial charge on any atom is -0.323 e. The Bertz CT molecular complexity index is 348. The van der Waals surface area contributed by atoms with Crippen LogP contribution in [0.2, 0.25) is 0 Å². The van der Waals surface area contributed by atoms with Gasteiger partial charge in [-0.3, -0.25) is 4.40 Å². The van der Waals surface area contributed by atoms with Gasteiger partial charge in [-0.05, 0) is 6.42 Å². The van der Waals surface area contributed by atoms with Crippen LogP contribution >= 0.6 is 11.3 Å². The molecule has 0 aromatic carbocycles. The highest BCUT2D eigenvalue weighted by atomic mass is 32.1. The second-order valence-corrected chi connectivity index (χ2v) is 3.65. The van der Waals surface area contributed by atoms with Crippen LogP contribution in [-0.2, 0) is 0 Å². The number of nitrogens with two attached hydrogens (primary N) is 1. The third-order valence-corrected chi connectivity index (χ3v) is 2.70. The van der Waals surface area contributed by atoms with Gasteiger partial charge in [0.05, 0.1) is 5.69 Å². The van der Waals surface area contributed by atoms with Crippen molar-refractivity contribution >= 4 is 16.3 Å². The van der Waals surface area contributed by atoms with Crippen molar-refractivity contribution in [3.8, 4) is 0 Å². The summed E-state index contributed by atoms with van der Waals surface area (Å²) in [4.78, 5) is 5.42. The summed E-state index contributed by atoms with van der Waals surface area (Å²) in [5.74, 6) is 0. The quantitative estimate of drug-likeness (QED) is 0.767. The van der Waals surface area contributed by atoms with Crippen molar-refractivity contribution in [1.29, 1.82) is 0 Å². The molecule has 3 nitrogen and oxygen atoms in total. The summed E-state index contributed by atoms with van der Waals surface area (Å²) < 4.78 is 2.01. The van der Waals surface area contributed by atoms with Crippen molar-refractivity contribution in [2.75, 3.05) is 0 Å². The molecule has 0 spiro atoms. The van der Waals surface area contributed by atoms with Crippen molar-refractivity contribution in [2.24, 2.45) is 5.73 Å². The molecule has 2 heterocycles. The fourth-order valence-electron chi connectivity index (χ4n) is 1.13. The maximum atomic E-state index is 5.85. The van der Waals surface area contributed by atoms with Crippen LogP contribution in [-0.4, -0.2) is 9.38 Å². The molecule has 0 aliphatic carbocycles. The molecule has 0 amide bonds. The monoisotopic (exact) mass is 181 g/mol. The highest BCUT2D eigenvalue weighted by Gasteiger charge is 2.08. The van der Waals surface area contributed by atoms with Crippen molar-refractivity contribution in [3.63, 3.8) is 0 Å². The number of fused-ring (bicyclic) bond motifs is 1. The molecule has 0 bridgehead atoms. The lowest BCUT2D eigenvalue weighted by Gasteiger charge is -2.01. The Kier molecular flexibility index (Phi) is 1.86. The molecule has 0 aliphatic rings. The van der Waals surface area contributed by atoms with E-state index in [0.717, 1.165) is 17.1 Å². The highest BCUT2D eigenvalue weighted by molar-refractivity contribution is 7.15. The standard InChI is InChI=1S/C8H11N3S/c1-2-6(9)7-5-11-3-4-12-8(11)10-7/h3-6H,2,9H2,1H3. The first-order valence-electron chi connectivity index (χ1n) is 3.99. The highest BCUT2D eigenvalue weighted by Crippen LogP contribution is 2.16. The van der Waals surface area contributed by atoms with Gasteiger partial charge in [0.25, 0.3) is 0 Å². The zero-order valence-corrected chi connectivity index (χ0v) is 7.71. The summed E-state index contributed by atoms with van der Waals surface area (Å²) in [5, 5.41) is 2.02. The first kappa shape index (κ1) is 7.76. The molecule has 0 radical (unpaired) electrons. The van der Waals surface area contributed by atoms with E-state index in [1.165, 1.54) is 0 Å². The number of thiazole rings is 1. The Morgan fingerprint density at radius 1 is 1.75 bits per heavy atom. The Labute approximate surface area is 74.8 Å². The van der Waals surface area contributed by atoms with E-state index in [1.807, 2.05) is 22.2 Å². The molecule has 12 heavy (non-hydrogen) atoms. The van der Waals surface area contributed by atoms with Crippen molar-refractivity contribution in [2.45, 2.75) is 19.4 Å². The van der Waals surface area contributed by atoms with Gasteiger partial charge in [0.2, 0.25) is 0 Å². The number of hydrogen-bond acceptors (Lipinski definition) is 3. The van der Waals surface area contributed by atoms with Crippen LogP contribution in [0.25, 0.3) is 4.96 Å². The summed E-state index contributed by atoms with van der Waals surface area (Å²) in [6.07, 6.45) is 4.93. The normalized spacial score (nSPS) is 13.8. The largest absolute Gasteiger partial charge is 0.323 e. The third-order valence-electron chi connectivity index (χ3n) is 1.93. The maximum Gasteiger partial charge on any atom is 0.193 e. The van der Waals surface area contributed by atoms with E-state index >= 15 is 0 Å². The van der Waals surface area contributed by atoms with Crippen molar-refractivity contribution in [1.82, 2.24) is 9.38 Å². The number of nitrogens with zero attached hydrogens (tertiary/aromatic N) is 2. The van der Waals surface area contributed by atoms with Gasteiger partial charge in [0.15, 0.2) is 4.96 Å². The maximum absolute atomic E-state index is 5.85. The van der Waals surface area contributed by atoms with E-state index in [1.54, 1.807) is 11.3 Å². The summed E-state index contributed by atoms with van der Waals surface area (Å²) in [7, 11) is 0. The minimum atomic E-state index is 0.0806. The molecule has 2 aromatic heterocycles. The molecule has 1 atom stereocenters. The van der Waals surface area contributed by atoms with Gasteiger partial charge in [-0.1, -0.05) is 6.92 Å². The Balaban J connectivity index is 2.44. The second kappa shape index (κ2) is 2.88. The van der Waals surface area contributed by atoms with Crippen LogP contribution in [0.15, 0.2) is 17.8 Å². The lowest BCUT2D eigenvalue weighted by molar-refractivity contribution is 0.681. The molecule has 0 saturated heterocycles. The Morgan fingerprint density at radius 3 is 3.25 bits per heavy atom. The van der Waals surface area contributed by atoms with Gasteiger partial charge in [-0.25, -0.2) is 4.98 Å². The first-order chi connectivity index (χ1) is 5.81. The van der Waals surface area contributed by atoms with Crippen molar-refractivity contribution in [3.05, 3.63) is 23.5 Å². The van der Waals surface area contributed by atoms with Gasteiger partial charge in [-0.15, -0.1) is 11.3 Å². The van der Waals surface area contributed by atoms with Gasteiger partial charge >= 0.3 is 0 Å². The van der Waals surface area contributed by atoms with Crippen LogP contribution in [0.3, 0.4) is 0 Å². The van der Waals surface area contributed by atoms with E-state index < -0.39 is 0 Å². The Morgan fingerprint density at radius 2 is 2.58 bits per heavy atom. The fourth-order valence-corrected chi connectivity index (χ4v) is 1.84. The number of imidazole rings is 1. The molecular formula is C8H11N3S. The number of aromatic nitrogens is 2. The fraction of sp³-hybridized carbons (Fsp3) is 0.375. The predicted molar refractivity (Wildman–Crippen MR) is 50.3 cm³/mol. The van der Waals surface area contributed by atoms with Crippen molar-refractivity contribution < 1.29 is 0 Å². The predicted octanol–water partition coefficient (Wildman–Crippen LogP) is 1.81. The molecule has 2 N–H and O–H groups in total. The van der Waals surface area contributed by atoms with Crippen LogP contribution in [0.1, 0.15) is 25.1 Å². The molecule has 2 aromatic rings. The molecule has 2 rings (SSSR count). The molecule has 0 aliphatic heterocycles. The summed E-state index contributed by atoms with van der Waals surface area (Å²) in [6, 6.07) is 0.0806. The van der Waals surface area contributed by atoms with Crippen LogP contribution in [0.4, 0.5) is 0 Å². The molecule has 64 valence electrons. The first-order valence-corrected chi connectivity index (χ1v) is 4.87.